The molecule has 0 heterocycles. The molecule has 0 saturated heterocycles. The van der Waals surface area contributed by atoms with Crippen molar-refractivity contribution in [1.82, 2.24) is 0 Å². The Morgan fingerprint density at radius 1 is 0.538 bits per heavy atom. The summed E-state index contributed by atoms with van der Waals surface area (Å²) in [4.78, 5) is 0. The molecule has 0 bridgehead atoms. The van der Waals surface area contributed by atoms with Crippen molar-refractivity contribution in [1.29, 1.82) is 0 Å². The molecule has 0 aliphatic heterocycles. The van der Waals surface area contributed by atoms with Gasteiger partial charge in [0.1, 0.15) is 11.5 Å². The van der Waals surface area contributed by atoms with Crippen molar-refractivity contribution in [3.8, 4) is 23.3 Å². The first-order valence-corrected chi connectivity index (χ1v) is 8.45. The number of ether oxygens (including phenoxy) is 2. The number of rotatable bonds is 2. The highest BCUT2D eigenvalue weighted by Crippen LogP contribution is 2.29. The van der Waals surface area contributed by atoms with Crippen LogP contribution >= 0.6 is 0 Å². The molecule has 4 rings (SSSR count). The van der Waals surface area contributed by atoms with Crippen LogP contribution in [0.2, 0.25) is 0 Å². The van der Waals surface area contributed by atoms with E-state index in [9.17, 15) is 0 Å². The summed E-state index contributed by atoms with van der Waals surface area (Å²) in [6, 6.07) is 24.4. The van der Waals surface area contributed by atoms with E-state index in [4.69, 9.17) is 9.47 Å². The minimum absolute atomic E-state index is 0.774. The Morgan fingerprint density at radius 2 is 0.962 bits per heavy atom. The van der Waals surface area contributed by atoms with E-state index in [1.807, 2.05) is 36.4 Å². The minimum atomic E-state index is 0.774. The zero-order valence-corrected chi connectivity index (χ0v) is 14.7. The second kappa shape index (κ2) is 6.82. The van der Waals surface area contributed by atoms with Crippen molar-refractivity contribution in [2.24, 2.45) is 0 Å². The lowest BCUT2D eigenvalue weighted by Crippen LogP contribution is -1.91. The third-order valence-electron chi connectivity index (χ3n) is 4.53. The van der Waals surface area contributed by atoms with Gasteiger partial charge in [0.05, 0.1) is 25.3 Å². The largest absolute Gasteiger partial charge is 0.495 e. The highest BCUT2D eigenvalue weighted by molar-refractivity contribution is 5.93. The van der Waals surface area contributed by atoms with E-state index in [0.29, 0.717) is 0 Å². The third-order valence-corrected chi connectivity index (χ3v) is 4.53. The molecule has 4 aromatic carbocycles. The van der Waals surface area contributed by atoms with Gasteiger partial charge in [-0.3, -0.25) is 0 Å². The van der Waals surface area contributed by atoms with Crippen LogP contribution in [-0.2, 0) is 0 Å². The molecule has 0 aliphatic rings. The maximum Gasteiger partial charge on any atom is 0.135 e. The van der Waals surface area contributed by atoms with Crippen LogP contribution in [0.3, 0.4) is 0 Å². The first-order chi connectivity index (χ1) is 12.8. The summed E-state index contributed by atoms with van der Waals surface area (Å²) in [6.45, 7) is 0. The molecular weight excluding hydrogens is 320 g/mol. The molecule has 0 fully saturated rings. The van der Waals surface area contributed by atoms with Gasteiger partial charge in [-0.25, -0.2) is 0 Å². The van der Waals surface area contributed by atoms with E-state index in [-0.39, 0.29) is 0 Å². The highest BCUT2D eigenvalue weighted by Gasteiger charge is 2.08. The fourth-order valence-electron chi connectivity index (χ4n) is 3.23. The Kier molecular flexibility index (Phi) is 4.21. The summed E-state index contributed by atoms with van der Waals surface area (Å²) < 4.78 is 11.1. The predicted molar refractivity (Wildman–Crippen MR) is 107 cm³/mol. The summed E-state index contributed by atoms with van der Waals surface area (Å²) in [5.74, 6) is 8.22. The molecular formula is C24H18O2. The van der Waals surface area contributed by atoms with Crippen molar-refractivity contribution in [3.05, 3.63) is 83.9 Å². The first kappa shape index (κ1) is 16.1. The molecule has 0 atom stereocenters. The van der Waals surface area contributed by atoms with Gasteiger partial charge < -0.3 is 9.47 Å². The summed E-state index contributed by atoms with van der Waals surface area (Å²) >= 11 is 0. The van der Waals surface area contributed by atoms with Crippen LogP contribution in [0.25, 0.3) is 21.5 Å². The van der Waals surface area contributed by atoms with Crippen LogP contribution in [-0.4, -0.2) is 14.2 Å². The van der Waals surface area contributed by atoms with Gasteiger partial charge in [-0.2, -0.15) is 0 Å². The fraction of sp³-hybridized carbons (Fsp3) is 0.0833. The molecule has 0 radical (unpaired) electrons. The van der Waals surface area contributed by atoms with Gasteiger partial charge in [-0.1, -0.05) is 72.5 Å². The molecule has 0 saturated carbocycles. The molecule has 0 spiro atoms. The van der Waals surface area contributed by atoms with Gasteiger partial charge in [0.15, 0.2) is 0 Å². The van der Waals surface area contributed by atoms with Gasteiger partial charge in [0, 0.05) is 10.8 Å². The molecule has 2 heteroatoms. The number of hydrogen-bond acceptors (Lipinski definition) is 2. The Labute approximate surface area is 153 Å². The van der Waals surface area contributed by atoms with Gasteiger partial charge in [-0.05, 0) is 22.9 Å². The Bertz CT molecular complexity index is 1070. The lowest BCUT2D eigenvalue weighted by atomic mass is 10.0. The van der Waals surface area contributed by atoms with Gasteiger partial charge in [-0.15, -0.1) is 0 Å². The average Bonchev–Trinajstić information content (AvgIpc) is 2.71. The lowest BCUT2D eigenvalue weighted by molar-refractivity contribution is 0.414. The molecule has 0 amide bonds. The van der Waals surface area contributed by atoms with Crippen LogP contribution < -0.4 is 9.47 Å². The molecule has 0 N–H and O–H groups in total. The standard InChI is InChI=1S/C24H18O2/c1-25-23-15-11-17-7-3-5-9-19(17)21(23)13-14-22-20-10-6-4-8-18(20)12-16-24(22)26-2/h3-12,15-16H,1-2H3. The van der Waals surface area contributed by atoms with E-state index < -0.39 is 0 Å². The molecule has 0 unspecified atom stereocenters. The van der Waals surface area contributed by atoms with Crippen molar-refractivity contribution < 1.29 is 9.47 Å². The Balaban J connectivity index is 1.97. The number of fused-ring (bicyclic) bond motifs is 2. The minimum Gasteiger partial charge on any atom is -0.495 e. The number of methoxy groups -OCH3 is 2. The maximum atomic E-state index is 5.55. The van der Waals surface area contributed by atoms with E-state index in [0.717, 1.165) is 44.2 Å². The zero-order chi connectivity index (χ0) is 17.9. The summed E-state index contributed by atoms with van der Waals surface area (Å²) in [7, 11) is 3.35. The highest BCUT2D eigenvalue weighted by atomic mass is 16.5. The monoisotopic (exact) mass is 338 g/mol. The maximum absolute atomic E-state index is 5.55. The fourth-order valence-corrected chi connectivity index (χ4v) is 3.23. The van der Waals surface area contributed by atoms with Gasteiger partial charge >= 0.3 is 0 Å². The van der Waals surface area contributed by atoms with E-state index in [2.05, 4.69) is 48.2 Å². The second-order valence-electron chi connectivity index (χ2n) is 5.98. The Morgan fingerprint density at radius 3 is 1.38 bits per heavy atom. The van der Waals surface area contributed by atoms with Crippen molar-refractivity contribution >= 4 is 21.5 Å². The van der Waals surface area contributed by atoms with E-state index in [1.54, 1.807) is 14.2 Å². The summed E-state index contributed by atoms with van der Waals surface area (Å²) in [5.41, 5.74) is 1.78. The van der Waals surface area contributed by atoms with E-state index >= 15 is 0 Å². The molecule has 26 heavy (non-hydrogen) atoms. The second-order valence-corrected chi connectivity index (χ2v) is 5.98. The summed E-state index contributed by atoms with van der Waals surface area (Å²) in [6.07, 6.45) is 0. The van der Waals surface area contributed by atoms with Crippen LogP contribution in [0.4, 0.5) is 0 Å². The molecule has 4 aromatic rings. The van der Waals surface area contributed by atoms with Gasteiger partial charge in [0.2, 0.25) is 0 Å². The average molecular weight is 338 g/mol. The normalized spacial score (nSPS) is 10.4. The summed E-state index contributed by atoms with van der Waals surface area (Å²) in [5, 5.41) is 4.45. The SMILES string of the molecule is COc1ccc2ccccc2c1C#Cc1c(OC)ccc2ccccc12. The van der Waals surface area contributed by atoms with Gasteiger partial charge in [0.25, 0.3) is 0 Å². The lowest BCUT2D eigenvalue weighted by Gasteiger charge is -2.08. The molecule has 2 nitrogen and oxygen atoms in total. The quantitative estimate of drug-likeness (QED) is 0.455. The Hall–Kier alpha value is -3.44. The van der Waals surface area contributed by atoms with Crippen LogP contribution in [0.5, 0.6) is 11.5 Å². The van der Waals surface area contributed by atoms with Crippen LogP contribution in [0, 0.1) is 11.8 Å². The third kappa shape index (κ3) is 2.74. The van der Waals surface area contributed by atoms with Crippen LogP contribution in [0.15, 0.2) is 72.8 Å². The zero-order valence-electron chi connectivity index (χ0n) is 14.7. The molecule has 126 valence electrons. The van der Waals surface area contributed by atoms with E-state index in [1.165, 1.54) is 0 Å². The topological polar surface area (TPSA) is 18.5 Å². The number of hydrogen-bond donors (Lipinski definition) is 0. The van der Waals surface area contributed by atoms with Crippen molar-refractivity contribution in [2.45, 2.75) is 0 Å². The predicted octanol–water partition coefficient (Wildman–Crippen LogP) is 5.41. The molecule has 0 aromatic heterocycles. The van der Waals surface area contributed by atoms with Crippen LogP contribution in [0.1, 0.15) is 11.1 Å². The first-order valence-electron chi connectivity index (χ1n) is 8.45. The molecule has 0 aliphatic carbocycles. The van der Waals surface area contributed by atoms with Crippen molar-refractivity contribution in [2.75, 3.05) is 14.2 Å². The smallest absolute Gasteiger partial charge is 0.135 e. The van der Waals surface area contributed by atoms with Crippen molar-refractivity contribution in [3.63, 3.8) is 0 Å². The number of benzene rings is 4.